The lowest BCUT2D eigenvalue weighted by molar-refractivity contribution is -0.120. The lowest BCUT2D eigenvalue weighted by Crippen LogP contribution is -2.19. The fourth-order valence-corrected chi connectivity index (χ4v) is 1.86. The minimum Gasteiger partial charge on any atom is -0.507 e. The SMILES string of the molecule is O=C(Cc1ccc(Br)cc1)NN=Cc1ccccc1O. The molecule has 0 aliphatic rings. The smallest absolute Gasteiger partial charge is 0.244 e. The number of phenolic OH excluding ortho intramolecular Hbond substituents is 1. The fourth-order valence-electron chi connectivity index (χ4n) is 1.60. The van der Waals surface area contributed by atoms with Gasteiger partial charge in [-0.25, -0.2) is 5.43 Å². The lowest BCUT2D eigenvalue weighted by atomic mass is 10.1. The Morgan fingerprint density at radius 2 is 1.90 bits per heavy atom. The maximum atomic E-state index is 11.7. The first-order valence-corrected chi connectivity index (χ1v) is 6.79. The topological polar surface area (TPSA) is 61.7 Å². The molecular weight excluding hydrogens is 320 g/mol. The molecule has 0 radical (unpaired) electrons. The molecule has 0 atom stereocenters. The molecule has 2 aromatic rings. The van der Waals surface area contributed by atoms with Gasteiger partial charge in [0.05, 0.1) is 12.6 Å². The summed E-state index contributed by atoms with van der Waals surface area (Å²) in [7, 11) is 0. The number of nitrogens with one attached hydrogen (secondary N) is 1. The van der Waals surface area contributed by atoms with E-state index >= 15 is 0 Å². The van der Waals surface area contributed by atoms with Crippen LogP contribution in [-0.4, -0.2) is 17.2 Å². The molecular formula is C15H13BrN2O2. The Balaban J connectivity index is 1.89. The van der Waals surface area contributed by atoms with E-state index in [9.17, 15) is 9.90 Å². The zero-order valence-electron chi connectivity index (χ0n) is 10.6. The van der Waals surface area contributed by atoms with E-state index in [0.29, 0.717) is 5.56 Å². The third-order valence-electron chi connectivity index (χ3n) is 2.61. The van der Waals surface area contributed by atoms with Crippen molar-refractivity contribution < 1.29 is 9.90 Å². The zero-order valence-corrected chi connectivity index (χ0v) is 12.2. The first-order valence-electron chi connectivity index (χ1n) is 5.99. The normalized spacial score (nSPS) is 10.7. The number of rotatable bonds is 4. The zero-order chi connectivity index (χ0) is 14.4. The van der Waals surface area contributed by atoms with Crippen LogP contribution in [0.5, 0.6) is 5.75 Å². The van der Waals surface area contributed by atoms with Crippen molar-refractivity contribution in [1.82, 2.24) is 5.43 Å². The van der Waals surface area contributed by atoms with Gasteiger partial charge in [-0.2, -0.15) is 5.10 Å². The van der Waals surface area contributed by atoms with Crippen LogP contribution in [0.3, 0.4) is 0 Å². The summed E-state index contributed by atoms with van der Waals surface area (Å²) in [4.78, 5) is 11.7. The minimum atomic E-state index is -0.209. The van der Waals surface area contributed by atoms with Crippen LogP contribution in [0, 0.1) is 0 Å². The molecule has 0 aliphatic carbocycles. The van der Waals surface area contributed by atoms with Crippen LogP contribution < -0.4 is 5.43 Å². The van der Waals surface area contributed by atoms with Gasteiger partial charge >= 0.3 is 0 Å². The predicted molar refractivity (Wildman–Crippen MR) is 81.7 cm³/mol. The highest BCUT2D eigenvalue weighted by atomic mass is 79.9. The van der Waals surface area contributed by atoms with Gasteiger partial charge in [0.1, 0.15) is 5.75 Å². The third-order valence-corrected chi connectivity index (χ3v) is 3.14. The number of nitrogens with zero attached hydrogens (tertiary/aromatic N) is 1. The summed E-state index contributed by atoms with van der Waals surface area (Å²) in [6.45, 7) is 0. The molecule has 0 bridgehead atoms. The highest BCUT2D eigenvalue weighted by Crippen LogP contribution is 2.12. The van der Waals surface area contributed by atoms with E-state index in [1.165, 1.54) is 6.21 Å². The highest BCUT2D eigenvalue weighted by Gasteiger charge is 2.02. The standard InChI is InChI=1S/C15H13BrN2O2/c16-13-7-5-11(6-8-13)9-15(20)18-17-10-12-3-1-2-4-14(12)19/h1-8,10,19H,9H2,(H,18,20). The third kappa shape index (κ3) is 4.20. The molecule has 0 saturated carbocycles. The molecule has 0 fully saturated rings. The van der Waals surface area contributed by atoms with Crippen molar-refractivity contribution in [1.29, 1.82) is 0 Å². The second kappa shape index (κ2) is 6.86. The molecule has 0 aliphatic heterocycles. The second-order valence-electron chi connectivity index (χ2n) is 4.16. The average Bonchev–Trinajstić information content (AvgIpc) is 2.43. The van der Waals surface area contributed by atoms with E-state index in [1.54, 1.807) is 24.3 Å². The van der Waals surface area contributed by atoms with Crippen LogP contribution >= 0.6 is 15.9 Å². The second-order valence-corrected chi connectivity index (χ2v) is 5.07. The lowest BCUT2D eigenvalue weighted by Gasteiger charge is -2.01. The Labute approximate surface area is 125 Å². The van der Waals surface area contributed by atoms with Gasteiger partial charge in [-0.1, -0.05) is 40.2 Å². The summed E-state index contributed by atoms with van der Waals surface area (Å²) in [6.07, 6.45) is 1.67. The number of hydrogen-bond donors (Lipinski definition) is 2. The quantitative estimate of drug-likeness (QED) is 0.668. The van der Waals surface area contributed by atoms with E-state index in [-0.39, 0.29) is 18.1 Å². The number of hydrazone groups is 1. The molecule has 0 unspecified atom stereocenters. The first-order chi connectivity index (χ1) is 9.65. The number of hydrogen-bond acceptors (Lipinski definition) is 3. The largest absolute Gasteiger partial charge is 0.507 e. The van der Waals surface area contributed by atoms with Gasteiger partial charge in [0.2, 0.25) is 5.91 Å². The number of halogens is 1. The predicted octanol–water partition coefficient (Wildman–Crippen LogP) is 2.85. The van der Waals surface area contributed by atoms with Crippen molar-refractivity contribution >= 4 is 28.1 Å². The van der Waals surface area contributed by atoms with Gasteiger partial charge in [0, 0.05) is 10.0 Å². The number of amides is 1. The Kier molecular flexibility index (Phi) is 4.90. The van der Waals surface area contributed by atoms with Crippen LogP contribution in [0.4, 0.5) is 0 Å². The number of carbonyl (C=O) groups excluding carboxylic acids is 1. The summed E-state index contributed by atoms with van der Waals surface area (Å²) >= 11 is 3.34. The van der Waals surface area contributed by atoms with Crippen molar-refractivity contribution in [3.63, 3.8) is 0 Å². The van der Waals surface area contributed by atoms with Crippen molar-refractivity contribution in [3.05, 3.63) is 64.1 Å². The van der Waals surface area contributed by atoms with Crippen LogP contribution in [0.1, 0.15) is 11.1 Å². The van der Waals surface area contributed by atoms with E-state index in [4.69, 9.17) is 0 Å². The summed E-state index contributed by atoms with van der Waals surface area (Å²) in [6, 6.07) is 14.3. The van der Waals surface area contributed by atoms with Crippen molar-refractivity contribution in [2.24, 2.45) is 5.10 Å². The van der Waals surface area contributed by atoms with Crippen molar-refractivity contribution in [2.45, 2.75) is 6.42 Å². The maximum Gasteiger partial charge on any atom is 0.244 e. The molecule has 20 heavy (non-hydrogen) atoms. The summed E-state index contributed by atoms with van der Waals surface area (Å²) in [5.41, 5.74) is 3.89. The molecule has 0 heterocycles. The van der Waals surface area contributed by atoms with Gasteiger partial charge in [-0.05, 0) is 29.8 Å². The number of benzene rings is 2. The molecule has 0 aromatic heterocycles. The van der Waals surface area contributed by atoms with E-state index in [1.807, 2.05) is 24.3 Å². The average molecular weight is 333 g/mol. The molecule has 0 spiro atoms. The summed E-state index contributed by atoms with van der Waals surface area (Å²) < 4.78 is 0.972. The maximum absolute atomic E-state index is 11.7. The molecule has 2 N–H and O–H groups in total. The van der Waals surface area contributed by atoms with E-state index in [2.05, 4.69) is 26.5 Å². The number of aromatic hydroxyl groups is 1. The highest BCUT2D eigenvalue weighted by molar-refractivity contribution is 9.10. The molecule has 1 amide bonds. The molecule has 5 heteroatoms. The van der Waals surface area contributed by atoms with Gasteiger partial charge in [0.25, 0.3) is 0 Å². The van der Waals surface area contributed by atoms with E-state index in [0.717, 1.165) is 10.0 Å². The summed E-state index contributed by atoms with van der Waals surface area (Å²) in [5, 5.41) is 13.4. The monoisotopic (exact) mass is 332 g/mol. The first kappa shape index (κ1) is 14.3. The van der Waals surface area contributed by atoms with E-state index < -0.39 is 0 Å². The van der Waals surface area contributed by atoms with Crippen LogP contribution in [0.15, 0.2) is 58.1 Å². The van der Waals surface area contributed by atoms with Crippen molar-refractivity contribution in [2.75, 3.05) is 0 Å². The van der Waals surface area contributed by atoms with Crippen LogP contribution in [-0.2, 0) is 11.2 Å². The fraction of sp³-hybridized carbons (Fsp3) is 0.0667. The van der Waals surface area contributed by atoms with Gasteiger partial charge in [0.15, 0.2) is 0 Å². The molecule has 4 nitrogen and oxygen atoms in total. The molecule has 2 aromatic carbocycles. The molecule has 2 rings (SSSR count). The van der Waals surface area contributed by atoms with Gasteiger partial charge in [-0.3, -0.25) is 4.79 Å². The number of phenols is 1. The minimum absolute atomic E-state index is 0.124. The van der Waals surface area contributed by atoms with Gasteiger partial charge < -0.3 is 5.11 Å². The Morgan fingerprint density at radius 3 is 2.60 bits per heavy atom. The van der Waals surface area contributed by atoms with Gasteiger partial charge in [-0.15, -0.1) is 0 Å². The number of para-hydroxylation sites is 1. The molecule has 102 valence electrons. The van der Waals surface area contributed by atoms with Crippen molar-refractivity contribution in [3.8, 4) is 5.75 Å². The molecule has 0 saturated heterocycles. The Bertz CT molecular complexity index is 624. The summed E-state index contributed by atoms with van der Waals surface area (Å²) in [5.74, 6) is -0.0857. The van der Waals surface area contributed by atoms with Crippen LogP contribution in [0.25, 0.3) is 0 Å². The Morgan fingerprint density at radius 1 is 1.20 bits per heavy atom. The number of carbonyl (C=O) groups is 1. The Hall–Kier alpha value is -2.14. The van der Waals surface area contributed by atoms with Crippen LogP contribution in [0.2, 0.25) is 0 Å².